The van der Waals surface area contributed by atoms with E-state index in [4.69, 9.17) is 27.9 Å². The van der Waals surface area contributed by atoms with Crippen LogP contribution in [0, 0.1) is 5.92 Å². The van der Waals surface area contributed by atoms with Crippen LogP contribution in [0.25, 0.3) is 0 Å². The zero-order chi connectivity index (χ0) is 24.0. The molecular formula is C23H27Cl2N3O4S. The number of nitrogens with zero attached hydrogens (tertiary/aromatic N) is 3. The van der Waals surface area contributed by atoms with Gasteiger partial charge in [0, 0.05) is 18.7 Å². The highest BCUT2D eigenvalue weighted by Crippen LogP contribution is 2.38. The first-order valence-electron chi connectivity index (χ1n) is 10.7. The minimum absolute atomic E-state index is 0.0117. The van der Waals surface area contributed by atoms with E-state index in [0.29, 0.717) is 29.1 Å². The molecular weight excluding hydrogens is 485 g/mol. The predicted octanol–water partition coefficient (Wildman–Crippen LogP) is 4.98. The van der Waals surface area contributed by atoms with E-state index in [1.807, 2.05) is 24.3 Å². The smallest absolute Gasteiger partial charge is 0.305 e. The van der Waals surface area contributed by atoms with Crippen molar-refractivity contribution >= 4 is 52.5 Å². The molecule has 0 spiro atoms. The molecule has 0 atom stereocenters. The van der Waals surface area contributed by atoms with Gasteiger partial charge in [-0.2, -0.15) is 0 Å². The number of esters is 1. The maximum Gasteiger partial charge on any atom is 0.305 e. The summed E-state index contributed by atoms with van der Waals surface area (Å²) in [4.78, 5) is 34.4. The summed E-state index contributed by atoms with van der Waals surface area (Å²) < 4.78 is 4.78. The van der Waals surface area contributed by atoms with Gasteiger partial charge in [-0.3, -0.25) is 9.59 Å². The highest BCUT2D eigenvalue weighted by molar-refractivity contribution is 7.98. The second kappa shape index (κ2) is 12.0. The number of thioether (sulfide) groups is 1. The van der Waals surface area contributed by atoms with Gasteiger partial charge in [-0.05, 0) is 61.5 Å². The van der Waals surface area contributed by atoms with Crippen molar-refractivity contribution in [2.24, 2.45) is 5.92 Å². The third-order valence-electron chi connectivity index (χ3n) is 5.97. The normalized spacial score (nSPS) is 18.1. The number of anilines is 1. The van der Waals surface area contributed by atoms with Gasteiger partial charge in [-0.15, -0.1) is 0 Å². The van der Waals surface area contributed by atoms with Crippen LogP contribution in [0.2, 0.25) is 10.3 Å². The molecule has 1 heterocycles. The lowest BCUT2D eigenvalue weighted by Crippen LogP contribution is -2.34. The molecule has 3 rings (SSSR count). The molecule has 1 saturated carbocycles. The third kappa shape index (κ3) is 6.38. The number of methoxy groups -OCH3 is 1. The Labute approximate surface area is 207 Å². The monoisotopic (exact) mass is 511 g/mol. The number of hydrogen-bond acceptors (Lipinski definition) is 7. The summed E-state index contributed by atoms with van der Waals surface area (Å²) in [7, 11) is 1.43. The SMILES string of the molecule is COC(=O)CC1CCC(c2ccc(N(CCO)C(=O)c3c(Cl)nc(SC)nc3Cl)cc2)CC1. The quantitative estimate of drug-likeness (QED) is 0.231. The van der Waals surface area contributed by atoms with Gasteiger partial charge < -0.3 is 14.7 Å². The van der Waals surface area contributed by atoms with E-state index in [1.165, 1.54) is 29.3 Å². The lowest BCUT2D eigenvalue weighted by molar-refractivity contribution is -0.142. The van der Waals surface area contributed by atoms with Crippen molar-refractivity contribution in [3.8, 4) is 0 Å². The Morgan fingerprint density at radius 1 is 1.12 bits per heavy atom. The van der Waals surface area contributed by atoms with Gasteiger partial charge in [0.2, 0.25) is 0 Å². The van der Waals surface area contributed by atoms with Crippen LogP contribution < -0.4 is 4.90 Å². The Morgan fingerprint density at radius 2 is 1.73 bits per heavy atom. The molecule has 0 saturated heterocycles. The molecule has 2 aromatic rings. The van der Waals surface area contributed by atoms with Crippen molar-refractivity contribution in [2.75, 3.05) is 31.4 Å². The fourth-order valence-corrected chi connectivity index (χ4v) is 5.20. The van der Waals surface area contributed by atoms with E-state index in [1.54, 1.807) is 6.26 Å². The lowest BCUT2D eigenvalue weighted by atomic mass is 9.77. The maximum atomic E-state index is 13.2. The standard InChI is InChI=1S/C23H27Cl2N3O4S/c1-32-18(30)13-14-3-5-15(6-4-14)16-7-9-17(10-8-16)28(11-12-29)22(31)19-20(24)26-23(33-2)27-21(19)25/h7-10,14-15,29H,3-6,11-13H2,1-2H3. The van der Waals surface area contributed by atoms with E-state index >= 15 is 0 Å². The molecule has 10 heteroatoms. The number of hydrogen-bond donors (Lipinski definition) is 1. The van der Waals surface area contributed by atoms with Crippen LogP contribution in [0.4, 0.5) is 5.69 Å². The highest BCUT2D eigenvalue weighted by atomic mass is 35.5. The van der Waals surface area contributed by atoms with Crippen molar-refractivity contribution in [3.63, 3.8) is 0 Å². The van der Waals surface area contributed by atoms with Gasteiger partial charge in [-0.25, -0.2) is 9.97 Å². The molecule has 178 valence electrons. The summed E-state index contributed by atoms with van der Waals surface area (Å²) in [5.41, 5.74) is 1.83. The first kappa shape index (κ1) is 25.7. The van der Waals surface area contributed by atoms with Crippen LogP contribution >= 0.6 is 35.0 Å². The summed E-state index contributed by atoms with van der Waals surface area (Å²) >= 11 is 13.7. The fourth-order valence-electron chi connectivity index (χ4n) is 4.19. The molecule has 7 nitrogen and oxygen atoms in total. The van der Waals surface area contributed by atoms with Crippen molar-refractivity contribution in [1.29, 1.82) is 0 Å². The average Bonchev–Trinajstić information content (AvgIpc) is 2.82. The number of ether oxygens (including phenoxy) is 1. The number of rotatable bonds is 8. The second-order valence-electron chi connectivity index (χ2n) is 7.94. The average molecular weight is 512 g/mol. The molecule has 1 aromatic heterocycles. The molecule has 1 fully saturated rings. The van der Waals surface area contributed by atoms with Crippen LogP contribution in [0.1, 0.15) is 53.9 Å². The highest BCUT2D eigenvalue weighted by Gasteiger charge is 2.27. The topological polar surface area (TPSA) is 92.6 Å². The molecule has 1 aliphatic rings. The second-order valence-corrected chi connectivity index (χ2v) is 9.43. The number of carbonyl (C=O) groups excluding carboxylic acids is 2. The van der Waals surface area contributed by atoms with Crippen LogP contribution in [0.15, 0.2) is 29.4 Å². The third-order valence-corrected chi connectivity index (χ3v) is 7.07. The predicted molar refractivity (Wildman–Crippen MR) is 130 cm³/mol. The Bertz CT molecular complexity index is 959. The summed E-state index contributed by atoms with van der Waals surface area (Å²) in [5.74, 6) is 0.166. The largest absolute Gasteiger partial charge is 0.469 e. The fraction of sp³-hybridized carbons (Fsp3) is 0.478. The Hall–Kier alpha value is -1.87. The van der Waals surface area contributed by atoms with E-state index in [0.717, 1.165) is 25.7 Å². The number of benzene rings is 1. The number of aliphatic hydroxyl groups excluding tert-OH is 1. The van der Waals surface area contributed by atoms with Gasteiger partial charge in [-0.1, -0.05) is 47.1 Å². The van der Waals surface area contributed by atoms with Crippen molar-refractivity contribution < 1.29 is 19.4 Å². The van der Waals surface area contributed by atoms with Crippen molar-refractivity contribution in [3.05, 3.63) is 45.7 Å². The molecule has 0 bridgehead atoms. The summed E-state index contributed by atoms with van der Waals surface area (Å²) in [5, 5.41) is 9.89. The number of aliphatic hydroxyl groups is 1. The minimum Gasteiger partial charge on any atom is -0.469 e. The molecule has 1 amide bonds. The molecule has 0 aliphatic heterocycles. The van der Waals surface area contributed by atoms with Gasteiger partial charge in [0.05, 0.1) is 13.7 Å². The van der Waals surface area contributed by atoms with Gasteiger partial charge in [0.1, 0.15) is 15.9 Å². The minimum atomic E-state index is -0.470. The Kier molecular flexibility index (Phi) is 9.37. The maximum absolute atomic E-state index is 13.2. The Morgan fingerprint density at radius 3 is 2.24 bits per heavy atom. The molecule has 0 radical (unpaired) electrons. The van der Waals surface area contributed by atoms with Crippen LogP contribution in [0.3, 0.4) is 0 Å². The van der Waals surface area contributed by atoms with Crippen LogP contribution in [-0.4, -0.2) is 53.5 Å². The number of aromatic nitrogens is 2. The van der Waals surface area contributed by atoms with E-state index in [9.17, 15) is 14.7 Å². The zero-order valence-corrected chi connectivity index (χ0v) is 20.9. The van der Waals surface area contributed by atoms with Crippen LogP contribution in [-0.2, 0) is 9.53 Å². The van der Waals surface area contributed by atoms with Gasteiger partial charge in [0.25, 0.3) is 5.91 Å². The molecule has 1 N–H and O–H groups in total. The van der Waals surface area contributed by atoms with E-state index < -0.39 is 5.91 Å². The van der Waals surface area contributed by atoms with Gasteiger partial charge in [0.15, 0.2) is 5.16 Å². The number of halogens is 2. The summed E-state index contributed by atoms with van der Waals surface area (Å²) in [6, 6.07) is 7.74. The summed E-state index contributed by atoms with van der Waals surface area (Å²) in [6.45, 7) is -0.148. The van der Waals surface area contributed by atoms with Crippen LogP contribution in [0.5, 0.6) is 0 Å². The first-order chi connectivity index (χ1) is 15.9. The number of carbonyl (C=O) groups is 2. The lowest BCUT2D eigenvalue weighted by Gasteiger charge is -2.29. The molecule has 1 aromatic carbocycles. The molecule has 33 heavy (non-hydrogen) atoms. The molecule has 1 aliphatic carbocycles. The van der Waals surface area contributed by atoms with Crippen molar-refractivity contribution in [1.82, 2.24) is 9.97 Å². The van der Waals surface area contributed by atoms with E-state index in [-0.39, 0.29) is 35.0 Å². The van der Waals surface area contributed by atoms with Crippen molar-refractivity contribution in [2.45, 2.75) is 43.2 Å². The van der Waals surface area contributed by atoms with Gasteiger partial charge >= 0.3 is 5.97 Å². The summed E-state index contributed by atoms with van der Waals surface area (Å²) in [6.07, 6.45) is 6.25. The number of amides is 1. The first-order valence-corrected chi connectivity index (χ1v) is 12.7. The zero-order valence-electron chi connectivity index (χ0n) is 18.6. The van der Waals surface area contributed by atoms with E-state index in [2.05, 4.69) is 9.97 Å². The Balaban J connectivity index is 1.74. The molecule has 0 unspecified atom stereocenters.